The number of carboxylic acid groups (broad SMARTS) is 1. The van der Waals surface area contributed by atoms with Crippen molar-refractivity contribution in [2.24, 2.45) is 5.92 Å². The number of aromatic carboxylic acids is 1. The van der Waals surface area contributed by atoms with Gasteiger partial charge in [0.25, 0.3) is 0 Å². The summed E-state index contributed by atoms with van der Waals surface area (Å²) in [6.45, 7) is 6.52. The molecule has 0 bridgehead atoms. The van der Waals surface area contributed by atoms with Crippen molar-refractivity contribution < 1.29 is 9.90 Å². The van der Waals surface area contributed by atoms with Crippen molar-refractivity contribution in [2.75, 3.05) is 31.5 Å². The highest BCUT2D eigenvalue weighted by molar-refractivity contribution is 5.84. The molecule has 0 radical (unpaired) electrons. The van der Waals surface area contributed by atoms with Gasteiger partial charge in [0.2, 0.25) is 0 Å². The van der Waals surface area contributed by atoms with Crippen molar-refractivity contribution >= 4 is 11.8 Å². The van der Waals surface area contributed by atoms with Gasteiger partial charge in [0.05, 0.1) is 12.4 Å². The molecule has 2 N–H and O–H groups in total. The Balaban J connectivity index is 1.76. The maximum absolute atomic E-state index is 10.6. The molecule has 6 nitrogen and oxygen atoms in total. The smallest absolute Gasteiger partial charge is 0.356 e. The zero-order valence-corrected chi connectivity index (χ0v) is 11.2. The number of carbonyl (C=O) groups is 1. The fourth-order valence-electron chi connectivity index (χ4n) is 2.28. The van der Waals surface area contributed by atoms with Gasteiger partial charge in [-0.05, 0) is 31.8 Å². The lowest BCUT2D eigenvalue weighted by molar-refractivity contribution is 0.0690. The van der Waals surface area contributed by atoms with Crippen molar-refractivity contribution in [1.82, 2.24) is 14.9 Å². The molecule has 0 aliphatic carbocycles. The number of rotatable bonds is 6. The molecule has 104 valence electrons. The van der Waals surface area contributed by atoms with E-state index >= 15 is 0 Å². The normalized spacial score (nSPS) is 17.3. The third kappa shape index (κ3) is 4.17. The van der Waals surface area contributed by atoms with E-state index in [2.05, 4.69) is 27.1 Å². The summed E-state index contributed by atoms with van der Waals surface area (Å²) in [7, 11) is 0. The average molecular weight is 264 g/mol. The maximum atomic E-state index is 10.6. The van der Waals surface area contributed by atoms with E-state index in [-0.39, 0.29) is 5.69 Å². The largest absolute Gasteiger partial charge is 0.476 e. The van der Waals surface area contributed by atoms with E-state index < -0.39 is 5.97 Å². The van der Waals surface area contributed by atoms with Gasteiger partial charge in [-0.2, -0.15) is 0 Å². The van der Waals surface area contributed by atoms with Crippen LogP contribution in [0, 0.1) is 5.92 Å². The number of nitrogens with zero attached hydrogens (tertiary/aromatic N) is 3. The van der Waals surface area contributed by atoms with Gasteiger partial charge in [0.15, 0.2) is 5.69 Å². The van der Waals surface area contributed by atoms with E-state index in [0.717, 1.165) is 13.1 Å². The molecule has 1 fully saturated rings. The van der Waals surface area contributed by atoms with Gasteiger partial charge in [-0.25, -0.2) is 14.8 Å². The molecule has 0 amide bonds. The van der Waals surface area contributed by atoms with Crippen LogP contribution in [0.2, 0.25) is 0 Å². The monoisotopic (exact) mass is 264 g/mol. The zero-order valence-electron chi connectivity index (χ0n) is 11.2. The minimum atomic E-state index is -1.05. The Hall–Kier alpha value is -1.69. The summed E-state index contributed by atoms with van der Waals surface area (Å²) in [6, 6.07) is 0. The number of nitrogens with one attached hydrogen (secondary N) is 1. The third-order valence-corrected chi connectivity index (χ3v) is 3.27. The van der Waals surface area contributed by atoms with Crippen LogP contribution in [0.4, 0.5) is 5.82 Å². The van der Waals surface area contributed by atoms with E-state index in [1.807, 2.05) is 0 Å². The van der Waals surface area contributed by atoms with Crippen LogP contribution in [0.15, 0.2) is 12.4 Å². The second-order valence-corrected chi connectivity index (χ2v) is 5.09. The van der Waals surface area contributed by atoms with Crippen LogP contribution in [0.1, 0.15) is 30.3 Å². The van der Waals surface area contributed by atoms with E-state index in [1.54, 1.807) is 0 Å². The molecule has 0 saturated carbocycles. The molecular formula is C13H20N4O2. The van der Waals surface area contributed by atoms with Gasteiger partial charge in [-0.3, -0.25) is 0 Å². The van der Waals surface area contributed by atoms with E-state index in [9.17, 15) is 4.79 Å². The molecule has 2 heterocycles. The number of hydrogen-bond acceptors (Lipinski definition) is 5. The topological polar surface area (TPSA) is 78.3 Å². The lowest BCUT2D eigenvalue weighted by atomic mass is 10.1. The maximum Gasteiger partial charge on any atom is 0.356 e. The zero-order chi connectivity index (χ0) is 13.7. The van der Waals surface area contributed by atoms with Crippen molar-refractivity contribution in [1.29, 1.82) is 0 Å². The van der Waals surface area contributed by atoms with Gasteiger partial charge >= 0.3 is 5.97 Å². The first kappa shape index (κ1) is 13.7. The Labute approximate surface area is 112 Å². The van der Waals surface area contributed by atoms with Gasteiger partial charge in [-0.1, -0.05) is 6.92 Å². The van der Waals surface area contributed by atoms with Crippen LogP contribution in [-0.2, 0) is 0 Å². The van der Waals surface area contributed by atoms with Crippen LogP contribution in [0.25, 0.3) is 0 Å². The Morgan fingerprint density at radius 2 is 2.16 bits per heavy atom. The molecule has 1 unspecified atom stereocenters. The van der Waals surface area contributed by atoms with Crippen LogP contribution in [0.3, 0.4) is 0 Å². The number of likely N-dealkylation sites (tertiary alicyclic amines) is 1. The summed E-state index contributed by atoms with van der Waals surface area (Å²) >= 11 is 0. The quantitative estimate of drug-likeness (QED) is 0.806. The van der Waals surface area contributed by atoms with Crippen LogP contribution in [0.5, 0.6) is 0 Å². The molecule has 0 aromatic carbocycles. The van der Waals surface area contributed by atoms with E-state index in [0.29, 0.717) is 11.7 Å². The predicted octanol–water partition coefficient (Wildman–Crippen LogP) is 1.32. The standard InChI is InChI=1S/C13H20N4O2/c1-10(9-17-4-2-3-5-17)6-15-12-8-14-11(7-16-12)13(18)19/h7-8,10H,2-6,9H2,1H3,(H,15,16)(H,18,19). The molecule has 1 atom stereocenters. The molecule has 1 aliphatic rings. The van der Waals surface area contributed by atoms with Gasteiger partial charge < -0.3 is 15.3 Å². The molecule has 19 heavy (non-hydrogen) atoms. The lowest BCUT2D eigenvalue weighted by Gasteiger charge is -2.20. The number of aromatic nitrogens is 2. The highest BCUT2D eigenvalue weighted by Crippen LogP contribution is 2.11. The molecule has 0 spiro atoms. The van der Waals surface area contributed by atoms with Crippen molar-refractivity contribution in [3.63, 3.8) is 0 Å². The molecule has 1 saturated heterocycles. The Morgan fingerprint density at radius 1 is 1.42 bits per heavy atom. The summed E-state index contributed by atoms with van der Waals surface area (Å²) in [5, 5.41) is 11.9. The minimum absolute atomic E-state index is 0.0318. The molecule has 1 aliphatic heterocycles. The average Bonchev–Trinajstić information content (AvgIpc) is 2.89. The second kappa shape index (κ2) is 6.47. The summed E-state index contributed by atoms with van der Waals surface area (Å²) in [6.07, 6.45) is 5.35. The first-order valence-corrected chi connectivity index (χ1v) is 6.66. The SMILES string of the molecule is CC(CNc1cnc(C(=O)O)cn1)CN1CCCC1. The molecule has 1 aromatic heterocycles. The number of carboxylic acids is 1. The third-order valence-electron chi connectivity index (χ3n) is 3.27. The highest BCUT2D eigenvalue weighted by Gasteiger charge is 2.14. The number of hydrogen-bond donors (Lipinski definition) is 2. The molecule has 2 rings (SSSR count). The minimum Gasteiger partial charge on any atom is -0.476 e. The van der Waals surface area contributed by atoms with E-state index in [1.165, 1.54) is 38.3 Å². The number of anilines is 1. The van der Waals surface area contributed by atoms with Crippen LogP contribution < -0.4 is 5.32 Å². The lowest BCUT2D eigenvalue weighted by Crippen LogP contribution is -2.29. The summed E-state index contributed by atoms with van der Waals surface area (Å²) in [5.74, 6) is 0.0961. The Morgan fingerprint density at radius 3 is 2.74 bits per heavy atom. The van der Waals surface area contributed by atoms with Crippen molar-refractivity contribution in [3.05, 3.63) is 18.1 Å². The van der Waals surface area contributed by atoms with Gasteiger partial charge in [0.1, 0.15) is 5.82 Å². The first-order valence-electron chi connectivity index (χ1n) is 6.66. The Bertz CT molecular complexity index is 415. The van der Waals surface area contributed by atoms with Crippen molar-refractivity contribution in [3.8, 4) is 0 Å². The Kier molecular flexibility index (Phi) is 4.68. The second-order valence-electron chi connectivity index (χ2n) is 5.09. The summed E-state index contributed by atoms with van der Waals surface area (Å²) < 4.78 is 0. The van der Waals surface area contributed by atoms with E-state index in [4.69, 9.17) is 5.11 Å². The van der Waals surface area contributed by atoms with Gasteiger partial charge in [-0.15, -0.1) is 0 Å². The molecule has 6 heteroatoms. The first-order chi connectivity index (χ1) is 9.15. The van der Waals surface area contributed by atoms with Crippen LogP contribution >= 0.6 is 0 Å². The van der Waals surface area contributed by atoms with Crippen LogP contribution in [-0.4, -0.2) is 52.1 Å². The molecular weight excluding hydrogens is 244 g/mol. The predicted molar refractivity (Wildman–Crippen MR) is 72.3 cm³/mol. The highest BCUT2D eigenvalue weighted by atomic mass is 16.4. The summed E-state index contributed by atoms with van der Waals surface area (Å²) in [5.41, 5.74) is -0.0318. The fourth-order valence-corrected chi connectivity index (χ4v) is 2.28. The van der Waals surface area contributed by atoms with Gasteiger partial charge in [0, 0.05) is 13.1 Å². The fraction of sp³-hybridized carbons (Fsp3) is 0.615. The summed E-state index contributed by atoms with van der Waals surface area (Å²) in [4.78, 5) is 21.0. The van der Waals surface area contributed by atoms with Crippen molar-refractivity contribution in [2.45, 2.75) is 19.8 Å². The molecule has 1 aromatic rings.